The summed E-state index contributed by atoms with van der Waals surface area (Å²) in [5.74, 6) is 0.260. The molecule has 184 valence electrons. The fourth-order valence-electron chi connectivity index (χ4n) is 4.41. The van der Waals surface area contributed by atoms with Gasteiger partial charge in [-0.2, -0.15) is 4.31 Å². The first-order valence-electron chi connectivity index (χ1n) is 11.3. The first kappa shape index (κ1) is 24.6. The van der Waals surface area contributed by atoms with E-state index in [0.717, 1.165) is 0 Å². The fourth-order valence-corrected chi connectivity index (χ4v) is 6.16. The third kappa shape index (κ3) is 5.76. The molecule has 2 aliphatic rings. The lowest BCUT2D eigenvalue weighted by Gasteiger charge is -2.43. The topological polar surface area (TPSA) is 114 Å². The van der Waals surface area contributed by atoms with Gasteiger partial charge in [-0.05, 0) is 37.1 Å². The van der Waals surface area contributed by atoms with Crippen LogP contribution in [0.3, 0.4) is 0 Å². The standard InChI is InChI=1S/C24H30N2O7S/c1-31-19-8-5-9-21(12-19)34(29,30)26-14-18(27)15-32-16-23-22(26)11-10-20(33-23)13-24(28)25-17-6-3-2-4-7-17/h2-9,12,18,20,22-23,27H,10-11,13-16H2,1H3,(H,25,28)/t18-,20+,22+,23-/m1/s1. The number of sulfonamides is 1. The molecule has 4 rings (SSSR count). The number of methoxy groups -OCH3 is 1. The maximum absolute atomic E-state index is 13.6. The molecule has 0 saturated carbocycles. The minimum absolute atomic E-state index is 0.00410. The summed E-state index contributed by atoms with van der Waals surface area (Å²) >= 11 is 0. The van der Waals surface area contributed by atoms with Crippen LogP contribution >= 0.6 is 0 Å². The maximum atomic E-state index is 13.6. The van der Waals surface area contributed by atoms with Crippen LogP contribution in [-0.2, 0) is 24.3 Å². The first-order chi connectivity index (χ1) is 16.4. The lowest BCUT2D eigenvalue weighted by Crippen LogP contribution is -2.57. The number of hydrogen-bond donors (Lipinski definition) is 2. The summed E-state index contributed by atoms with van der Waals surface area (Å²) in [7, 11) is -2.47. The molecule has 2 saturated heterocycles. The Kier molecular flexibility index (Phi) is 7.84. The summed E-state index contributed by atoms with van der Waals surface area (Å²) in [5.41, 5.74) is 0.708. The number of amides is 1. The highest BCUT2D eigenvalue weighted by molar-refractivity contribution is 7.89. The van der Waals surface area contributed by atoms with Gasteiger partial charge in [0, 0.05) is 18.3 Å². The van der Waals surface area contributed by atoms with Crippen molar-refractivity contribution in [2.45, 2.75) is 48.5 Å². The van der Waals surface area contributed by atoms with Gasteiger partial charge in [-0.1, -0.05) is 24.3 Å². The van der Waals surface area contributed by atoms with E-state index in [2.05, 4.69) is 5.32 Å². The van der Waals surface area contributed by atoms with E-state index in [4.69, 9.17) is 14.2 Å². The van der Waals surface area contributed by atoms with Gasteiger partial charge < -0.3 is 24.6 Å². The van der Waals surface area contributed by atoms with E-state index in [9.17, 15) is 18.3 Å². The van der Waals surface area contributed by atoms with Crippen LogP contribution in [0.2, 0.25) is 0 Å². The third-order valence-electron chi connectivity index (χ3n) is 6.05. The predicted octanol–water partition coefficient (Wildman–Crippen LogP) is 2.02. The molecule has 2 heterocycles. The smallest absolute Gasteiger partial charge is 0.243 e. The molecule has 0 radical (unpaired) electrons. The summed E-state index contributed by atoms with van der Waals surface area (Å²) < 4.78 is 45.4. The number of benzene rings is 2. The quantitative estimate of drug-likeness (QED) is 0.637. The average molecular weight is 491 g/mol. The van der Waals surface area contributed by atoms with Crippen molar-refractivity contribution in [1.82, 2.24) is 4.31 Å². The molecular formula is C24H30N2O7S. The Hall–Kier alpha value is -2.50. The van der Waals surface area contributed by atoms with Crippen LogP contribution in [0.1, 0.15) is 19.3 Å². The van der Waals surface area contributed by atoms with Crippen molar-refractivity contribution < 1.29 is 32.5 Å². The number of carbonyl (C=O) groups is 1. The van der Waals surface area contributed by atoms with Gasteiger partial charge in [-0.25, -0.2) is 8.42 Å². The van der Waals surface area contributed by atoms with Gasteiger partial charge in [0.2, 0.25) is 15.9 Å². The molecule has 4 atom stereocenters. The van der Waals surface area contributed by atoms with Crippen LogP contribution in [-0.4, -0.2) is 75.0 Å². The second-order valence-corrected chi connectivity index (χ2v) is 10.4. The van der Waals surface area contributed by atoms with E-state index >= 15 is 0 Å². The zero-order valence-corrected chi connectivity index (χ0v) is 19.8. The number of fused-ring (bicyclic) bond motifs is 1. The number of hydrogen-bond acceptors (Lipinski definition) is 7. The van der Waals surface area contributed by atoms with Crippen LogP contribution in [0.5, 0.6) is 5.75 Å². The zero-order valence-electron chi connectivity index (χ0n) is 19.0. The second-order valence-electron chi connectivity index (χ2n) is 8.50. The van der Waals surface area contributed by atoms with Crippen LogP contribution in [0.15, 0.2) is 59.5 Å². The zero-order chi connectivity index (χ0) is 24.1. The van der Waals surface area contributed by atoms with Gasteiger partial charge in [-0.3, -0.25) is 4.79 Å². The Labute approximate surface area is 199 Å². The SMILES string of the molecule is COc1cccc(S(=O)(=O)N2C[C@@H](O)COC[C@H]3O[C@H](CC(=O)Nc4ccccc4)CC[C@@H]32)c1. The van der Waals surface area contributed by atoms with Crippen molar-refractivity contribution >= 4 is 21.6 Å². The lowest BCUT2D eigenvalue weighted by atomic mass is 9.96. The largest absolute Gasteiger partial charge is 0.497 e. The van der Waals surface area contributed by atoms with Crippen molar-refractivity contribution in [3.8, 4) is 5.75 Å². The highest BCUT2D eigenvalue weighted by atomic mass is 32.2. The van der Waals surface area contributed by atoms with Crippen LogP contribution in [0.4, 0.5) is 5.69 Å². The molecule has 0 bridgehead atoms. The van der Waals surface area contributed by atoms with E-state index < -0.39 is 28.3 Å². The van der Waals surface area contributed by atoms with Crippen molar-refractivity contribution in [3.63, 3.8) is 0 Å². The highest BCUT2D eigenvalue weighted by Gasteiger charge is 2.43. The molecule has 2 N–H and O–H groups in total. The number of nitrogens with one attached hydrogen (secondary N) is 1. The molecule has 0 spiro atoms. The number of para-hydroxylation sites is 1. The number of carbonyl (C=O) groups excluding carboxylic acids is 1. The highest BCUT2D eigenvalue weighted by Crippen LogP contribution is 2.32. The summed E-state index contributed by atoms with van der Waals surface area (Å²) in [6.07, 6.45) is -0.744. The Morgan fingerprint density at radius 3 is 2.71 bits per heavy atom. The minimum atomic E-state index is -3.94. The molecule has 0 aliphatic carbocycles. The Bertz CT molecular complexity index is 1080. The van der Waals surface area contributed by atoms with E-state index in [1.165, 1.54) is 23.5 Å². The number of ether oxygens (including phenoxy) is 3. The molecule has 2 aliphatic heterocycles. The number of aliphatic hydroxyl groups excluding tert-OH is 1. The van der Waals surface area contributed by atoms with E-state index in [0.29, 0.717) is 24.3 Å². The van der Waals surface area contributed by atoms with E-state index in [-0.39, 0.29) is 43.1 Å². The number of anilines is 1. The van der Waals surface area contributed by atoms with Gasteiger partial charge in [0.1, 0.15) is 5.75 Å². The van der Waals surface area contributed by atoms with Crippen molar-refractivity contribution in [3.05, 3.63) is 54.6 Å². The minimum Gasteiger partial charge on any atom is -0.497 e. The molecule has 9 nitrogen and oxygen atoms in total. The molecule has 0 aromatic heterocycles. The molecule has 2 fully saturated rings. The van der Waals surface area contributed by atoms with Crippen molar-refractivity contribution in [2.75, 3.05) is 32.2 Å². The number of rotatable bonds is 6. The van der Waals surface area contributed by atoms with Crippen molar-refractivity contribution in [2.24, 2.45) is 0 Å². The molecular weight excluding hydrogens is 460 g/mol. The van der Waals surface area contributed by atoms with Gasteiger partial charge in [-0.15, -0.1) is 0 Å². The fraction of sp³-hybridized carbons (Fsp3) is 0.458. The van der Waals surface area contributed by atoms with Crippen LogP contribution < -0.4 is 10.1 Å². The Balaban J connectivity index is 1.50. The monoisotopic (exact) mass is 490 g/mol. The normalized spacial score (nSPS) is 26.1. The number of aliphatic hydroxyl groups is 1. The molecule has 2 aromatic carbocycles. The first-order valence-corrected chi connectivity index (χ1v) is 12.7. The maximum Gasteiger partial charge on any atom is 0.243 e. The summed E-state index contributed by atoms with van der Waals surface area (Å²) in [6.45, 7) is 0.0156. The predicted molar refractivity (Wildman–Crippen MR) is 125 cm³/mol. The molecule has 1 amide bonds. The molecule has 2 aromatic rings. The molecule has 34 heavy (non-hydrogen) atoms. The van der Waals surface area contributed by atoms with Gasteiger partial charge in [0.05, 0.1) is 56.0 Å². The van der Waals surface area contributed by atoms with Gasteiger partial charge in [0.15, 0.2) is 0 Å². The molecule has 10 heteroatoms. The van der Waals surface area contributed by atoms with Gasteiger partial charge in [0.25, 0.3) is 0 Å². The number of β-amino-alcohol motifs (C(OH)–C–C–N with tert-alkyl or cyclic N) is 1. The average Bonchev–Trinajstić information content (AvgIpc) is 2.82. The van der Waals surface area contributed by atoms with E-state index in [1.807, 2.05) is 30.3 Å². The van der Waals surface area contributed by atoms with Crippen LogP contribution in [0.25, 0.3) is 0 Å². The summed E-state index contributed by atoms with van der Waals surface area (Å²) in [5, 5.41) is 13.2. The summed E-state index contributed by atoms with van der Waals surface area (Å²) in [4.78, 5) is 12.6. The van der Waals surface area contributed by atoms with Crippen LogP contribution in [0, 0.1) is 0 Å². The number of nitrogens with zero attached hydrogens (tertiary/aromatic N) is 1. The third-order valence-corrected chi connectivity index (χ3v) is 7.94. The summed E-state index contributed by atoms with van der Waals surface area (Å²) in [6, 6.07) is 14.9. The Morgan fingerprint density at radius 1 is 1.15 bits per heavy atom. The lowest BCUT2D eigenvalue weighted by molar-refractivity contribution is -0.144. The van der Waals surface area contributed by atoms with Gasteiger partial charge >= 0.3 is 0 Å². The van der Waals surface area contributed by atoms with E-state index in [1.54, 1.807) is 12.1 Å². The Morgan fingerprint density at radius 2 is 1.94 bits per heavy atom. The second kappa shape index (κ2) is 10.8. The molecule has 0 unspecified atom stereocenters. The van der Waals surface area contributed by atoms with Crippen molar-refractivity contribution in [1.29, 1.82) is 0 Å².